The van der Waals surface area contributed by atoms with Gasteiger partial charge in [0, 0.05) is 11.4 Å². The molecular weight excluding hydrogens is 190 g/mol. The highest BCUT2D eigenvalue weighted by atomic mass is 32.2. The first-order valence-corrected chi connectivity index (χ1v) is 5.30. The van der Waals surface area contributed by atoms with Gasteiger partial charge in [-0.05, 0) is 27.7 Å². The van der Waals surface area contributed by atoms with Crippen LogP contribution >= 0.6 is 0 Å². The third-order valence-corrected chi connectivity index (χ3v) is 4.00. The molecule has 5 heteroatoms. The first kappa shape index (κ1) is 10.8. The topological polar surface area (TPSA) is 63.4 Å². The summed E-state index contributed by atoms with van der Waals surface area (Å²) in [6, 6.07) is -0.655. The zero-order valence-electron chi connectivity index (χ0n) is 8.27. The highest BCUT2D eigenvalue weighted by Gasteiger charge is 2.60. The van der Waals surface area contributed by atoms with Crippen molar-refractivity contribution >= 4 is 17.3 Å². The molecule has 13 heavy (non-hydrogen) atoms. The lowest BCUT2D eigenvalue weighted by Crippen LogP contribution is -2.35. The van der Waals surface area contributed by atoms with E-state index in [1.807, 2.05) is 20.8 Å². The molecule has 0 aliphatic carbocycles. The van der Waals surface area contributed by atoms with Crippen molar-refractivity contribution in [1.82, 2.24) is 4.31 Å². The van der Waals surface area contributed by atoms with E-state index in [1.54, 1.807) is 6.92 Å². The largest absolute Gasteiger partial charge is 0.597 e. The van der Waals surface area contributed by atoms with Crippen molar-refractivity contribution in [2.45, 2.75) is 44.5 Å². The maximum Gasteiger partial charge on any atom is 0.327 e. The maximum absolute atomic E-state index is 11.7. The Kier molecular flexibility index (Phi) is 2.62. The van der Waals surface area contributed by atoms with Gasteiger partial charge in [0.2, 0.25) is 0 Å². The van der Waals surface area contributed by atoms with Gasteiger partial charge in [-0.25, -0.2) is 0 Å². The van der Waals surface area contributed by atoms with E-state index in [2.05, 4.69) is 0 Å². The Morgan fingerprint density at radius 2 is 2.00 bits per heavy atom. The molecule has 0 aromatic rings. The van der Waals surface area contributed by atoms with E-state index in [-0.39, 0.29) is 10.8 Å². The number of aliphatic carboxylic acids is 1. The minimum absolute atomic E-state index is 0.0995. The third kappa shape index (κ3) is 1.98. The second-order valence-corrected chi connectivity index (χ2v) is 6.39. The van der Waals surface area contributed by atoms with E-state index in [0.717, 1.165) is 0 Å². The van der Waals surface area contributed by atoms with Gasteiger partial charge >= 0.3 is 5.97 Å². The minimum Gasteiger partial charge on any atom is -0.597 e. The van der Waals surface area contributed by atoms with E-state index in [1.165, 1.54) is 4.31 Å². The number of rotatable bonds is 2. The van der Waals surface area contributed by atoms with Crippen LogP contribution in [-0.4, -0.2) is 36.8 Å². The molecule has 76 valence electrons. The molecule has 0 aromatic heterocycles. The van der Waals surface area contributed by atoms with Gasteiger partial charge in [-0.2, -0.15) is 0 Å². The zero-order chi connectivity index (χ0) is 10.4. The number of carboxylic acids is 1. The van der Waals surface area contributed by atoms with Crippen LogP contribution in [-0.2, 0) is 16.2 Å². The molecule has 1 aliphatic heterocycles. The molecule has 1 rings (SSSR count). The van der Waals surface area contributed by atoms with Gasteiger partial charge in [-0.15, -0.1) is 4.31 Å². The summed E-state index contributed by atoms with van der Waals surface area (Å²) in [5.74, 6) is -0.884. The van der Waals surface area contributed by atoms with Crippen molar-refractivity contribution in [1.29, 1.82) is 0 Å². The number of hydrogen-bond donors (Lipinski definition) is 1. The molecule has 1 aliphatic rings. The van der Waals surface area contributed by atoms with Crippen LogP contribution in [0, 0.1) is 0 Å². The van der Waals surface area contributed by atoms with E-state index >= 15 is 0 Å². The zero-order valence-corrected chi connectivity index (χ0v) is 9.09. The van der Waals surface area contributed by atoms with Crippen molar-refractivity contribution < 1.29 is 14.5 Å². The van der Waals surface area contributed by atoms with E-state index < -0.39 is 23.4 Å². The van der Waals surface area contributed by atoms with Gasteiger partial charge < -0.3 is 9.66 Å². The average molecular weight is 205 g/mol. The van der Waals surface area contributed by atoms with Crippen LogP contribution in [0.1, 0.15) is 27.7 Å². The number of hydrogen-bond acceptors (Lipinski definition) is 3. The molecule has 1 fully saturated rings. The van der Waals surface area contributed by atoms with Gasteiger partial charge in [0.05, 0.1) is 6.04 Å². The molecule has 0 amide bonds. The third-order valence-electron chi connectivity index (χ3n) is 2.01. The summed E-state index contributed by atoms with van der Waals surface area (Å²) < 4.78 is 12.9. The summed E-state index contributed by atoms with van der Waals surface area (Å²) in [5, 5.41) is 8.73. The van der Waals surface area contributed by atoms with Crippen molar-refractivity contribution in [2.24, 2.45) is 0 Å². The summed E-state index contributed by atoms with van der Waals surface area (Å²) in [4.78, 5) is 10.6. The van der Waals surface area contributed by atoms with E-state index in [4.69, 9.17) is 5.11 Å². The minimum atomic E-state index is -1.21. The van der Waals surface area contributed by atoms with Gasteiger partial charge in [-0.3, -0.25) is 4.79 Å². The Morgan fingerprint density at radius 1 is 1.54 bits per heavy atom. The van der Waals surface area contributed by atoms with Crippen molar-refractivity contribution in [3.63, 3.8) is 0 Å². The molecule has 4 nitrogen and oxygen atoms in total. The first-order chi connectivity index (χ1) is 5.76. The Labute approximate surface area is 81.2 Å². The van der Waals surface area contributed by atoms with Crippen LogP contribution in [0.3, 0.4) is 0 Å². The predicted molar refractivity (Wildman–Crippen MR) is 50.6 cm³/mol. The fourth-order valence-electron chi connectivity index (χ4n) is 1.21. The average Bonchev–Trinajstić information content (AvgIpc) is 2.57. The van der Waals surface area contributed by atoms with Crippen LogP contribution in [0.25, 0.3) is 0 Å². The van der Waals surface area contributed by atoms with Crippen molar-refractivity contribution in [2.75, 3.05) is 0 Å². The highest BCUT2D eigenvalue weighted by molar-refractivity contribution is 7.90. The summed E-state index contributed by atoms with van der Waals surface area (Å²) in [6.45, 7) is 7.30. The van der Waals surface area contributed by atoms with Gasteiger partial charge in [0.15, 0.2) is 6.04 Å². The quantitative estimate of drug-likeness (QED) is 0.530. The Bertz CT molecular complexity index is 226. The monoisotopic (exact) mass is 205 g/mol. The Balaban J connectivity index is 2.63. The predicted octanol–water partition coefficient (Wildman–Crippen LogP) is 0.606. The van der Waals surface area contributed by atoms with Crippen LogP contribution < -0.4 is 0 Å². The second kappa shape index (κ2) is 3.15. The van der Waals surface area contributed by atoms with Crippen molar-refractivity contribution in [3.05, 3.63) is 0 Å². The number of nitrogens with zero attached hydrogens (tertiary/aromatic N) is 1. The van der Waals surface area contributed by atoms with Crippen molar-refractivity contribution in [3.8, 4) is 0 Å². The summed E-state index contributed by atoms with van der Waals surface area (Å²) in [6.07, 6.45) is 0. The number of carboxylic acid groups (broad SMARTS) is 1. The standard InChI is InChI=1S/C8H15NO3S/c1-5-6(7(10)11)9(5)13(12)8(2,3)4/h5-6H,1-4H3,(H,10,11)/t5-,6-,9-,13-/m0/s1. The molecule has 0 saturated carbocycles. The highest BCUT2D eigenvalue weighted by Crippen LogP contribution is 2.37. The molecule has 0 radical (unpaired) electrons. The molecule has 1 saturated heterocycles. The smallest absolute Gasteiger partial charge is 0.327 e. The fraction of sp³-hybridized carbons (Fsp3) is 0.875. The van der Waals surface area contributed by atoms with Crippen LogP contribution in [0.15, 0.2) is 0 Å². The summed E-state index contributed by atoms with van der Waals surface area (Å²) in [5.41, 5.74) is 0. The van der Waals surface area contributed by atoms with Gasteiger partial charge in [0.1, 0.15) is 4.75 Å². The molecule has 0 unspecified atom stereocenters. The molecule has 1 N–H and O–H groups in total. The normalized spacial score (nSPS) is 35.6. The van der Waals surface area contributed by atoms with Crippen LogP contribution in [0.2, 0.25) is 0 Å². The summed E-state index contributed by atoms with van der Waals surface area (Å²) in [7, 11) is 0. The lowest BCUT2D eigenvalue weighted by molar-refractivity contribution is -0.136. The Hall–Kier alpha value is -0.260. The van der Waals surface area contributed by atoms with Crippen LogP contribution in [0.5, 0.6) is 0 Å². The lowest BCUT2D eigenvalue weighted by Gasteiger charge is -2.24. The van der Waals surface area contributed by atoms with Gasteiger partial charge in [-0.1, -0.05) is 0 Å². The molecule has 1 heterocycles. The molecular formula is C8H15NO3S. The first-order valence-electron chi connectivity index (χ1n) is 4.20. The SMILES string of the molecule is C[C@H]1[C@@H](C(=O)O)[N@@]1[S@@+]([O-])C(C)(C)C. The molecule has 0 bridgehead atoms. The molecule has 0 aromatic carbocycles. The summed E-state index contributed by atoms with van der Waals surface area (Å²) >= 11 is -1.21. The fourth-order valence-corrected chi connectivity index (χ4v) is 2.68. The second-order valence-electron chi connectivity index (χ2n) is 4.25. The molecule has 0 spiro atoms. The van der Waals surface area contributed by atoms with Gasteiger partial charge in [0.25, 0.3) is 0 Å². The lowest BCUT2D eigenvalue weighted by atomic mass is 10.3. The molecule has 4 atom stereocenters. The number of carbonyl (C=O) groups is 1. The van der Waals surface area contributed by atoms with Crippen LogP contribution in [0.4, 0.5) is 0 Å². The van der Waals surface area contributed by atoms with E-state index in [0.29, 0.717) is 0 Å². The Morgan fingerprint density at radius 3 is 2.23 bits per heavy atom. The van der Waals surface area contributed by atoms with E-state index in [9.17, 15) is 9.35 Å². The maximum atomic E-state index is 11.7.